The number of piperazine rings is 1. The molecule has 0 spiro atoms. The van der Waals surface area contributed by atoms with Gasteiger partial charge in [-0.15, -0.1) is 0 Å². The lowest BCUT2D eigenvalue weighted by Gasteiger charge is -2.37. The SMILES string of the molecule is C[C@H]1CNCCN1CC1CC2CCC1C2. The Morgan fingerprint density at radius 2 is 2.20 bits per heavy atom. The predicted molar refractivity (Wildman–Crippen MR) is 62.8 cm³/mol. The number of hydrogen-bond acceptors (Lipinski definition) is 2. The maximum Gasteiger partial charge on any atom is 0.0193 e. The average Bonchev–Trinajstić information content (AvgIpc) is 2.83. The van der Waals surface area contributed by atoms with Crippen LogP contribution in [0.25, 0.3) is 0 Å². The Kier molecular flexibility index (Phi) is 2.73. The summed E-state index contributed by atoms with van der Waals surface area (Å²) in [5.41, 5.74) is 0. The van der Waals surface area contributed by atoms with E-state index in [2.05, 4.69) is 17.1 Å². The first-order chi connectivity index (χ1) is 7.33. The van der Waals surface area contributed by atoms with Crippen LogP contribution in [-0.2, 0) is 0 Å². The van der Waals surface area contributed by atoms with Crippen LogP contribution >= 0.6 is 0 Å². The third-order valence-electron chi connectivity index (χ3n) is 4.99. The molecule has 2 saturated carbocycles. The van der Waals surface area contributed by atoms with Gasteiger partial charge in [0.15, 0.2) is 0 Å². The van der Waals surface area contributed by atoms with Crippen LogP contribution < -0.4 is 5.32 Å². The van der Waals surface area contributed by atoms with Gasteiger partial charge in [-0.05, 0) is 43.9 Å². The van der Waals surface area contributed by atoms with Gasteiger partial charge in [0.2, 0.25) is 0 Å². The van der Waals surface area contributed by atoms with Crippen LogP contribution in [0.15, 0.2) is 0 Å². The Bertz CT molecular complexity index is 229. The van der Waals surface area contributed by atoms with E-state index >= 15 is 0 Å². The summed E-state index contributed by atoms with van der Waals surface area (Å²) in [5, 5.41) is 3.48. The van der Waals surface area contributed by atoms with Gasteiger partial charge in [0.25, 0.3) is 0 Å². The lowest BCUT2D eigenvalue weighted by molar-refractivity contribution is 0.127. The molecule has 3 unspecified atom stereocenters. The molecule has 15 heavy (non-hydrogen) atoms. The number of fused-ring (bicyclic) bond motifs is 2. The average molecular weight is 208 g/mol. The van der Waals surface area contributed by atoms with E-state index in [4.69, 9.17) is 0 Å². The minimum Gasteiger partial charge on any atom is -0.314 e. The summed E-state index contributed by atoms with van der Waals surface area (Å²) in [7, 11) is 0. The summed E-state index contributed by atoms with van der Waals surface area (Å²) < 4.78 is 0. The molecule has 2 heteroatoms. The van der Waals surface area contributed by atoms with E-state index in [1.54, 1.807) is 12.8 Å². The Morgan fingerprint density at radius 1 is 1.27 bits per heavy atom. The largest absolute Gasteiger partial charge is 0.314 e. The highest BCUT2D eigenvalue weighted by atomic mass is 15.2. The van der Waals surface area contributed by atoms with E-state index in [9.17, 15) is 0 Å². The standard InChI is InChI=1S/C13H24N2/c1-10-8-14-4-5-15(10)9-13-7-11-2-3-12(13)6-11/h10-14H,2-9H2,1H3/t10-,11?,12?,13?/m0/s1. The van der Waals surface area contributed by atoms with Gasteiger partial charge in [-0.3, -0.25) is 4.90 Å². The molecule has 3 rings (SSSR count). The molecular weight excluding hydrogens is 184 g/mol. The molecule has 3 fully saturated rings. The molecule has 1 saturated heterocycles. The first kappa shape index (κ1) is 10.1. The normalized spacial score (nSPS) is 46.2. The Hall–Kier alpha value is -0.0800. The van der Waals surface area contributed by atoms with Crippen LogP contribution in [0.5, 0.6) is 0 Å². The van der Waals surface area contributed by atoms with Gasteiger partial charge in [0, 0.05) is 32.2 Å². The zero-order valence-corrected chi connectivity index (χ0v) is 9.91. The van der Waals surface area contributed by atoms with Crippen LogP contribution in [0.4, 0.5) is 0 Å². The van der Waals surface area contributed by atoms with E-state index < -0.39 is 0 Å². The first-order valence-electron chi connectivity index (χ1n) is 6.77. The van der Waals surface area contributed by atoms with Gasteiger partial charge in [-0.1, -0.05) is 6.42 Å². The van der Waals surface area contributed by atoms with Gasteiger partial charge >= 0.3 is 0 Å². The van der Waals surface area contributed by atoms with Crippen molar-refractivity contribution in [3.8, 4) is 0 Å². The summed E-state index contributed by atoms with van der Waals surface area (Å²) in [6.45, 7) is 7.43. The Morgan fingerprint density at radius 3 is 2.87 bits per heavy atom. The second kappa shape index (κ2) is 4.06. The van der Waals surface area contributed by atoms with Crippen molar-refractivity contribution in [2.24, 2.45) is 17.8 Å². The quantitative estimate of drug-likeness (QED) is 0.743. The van der Waals surface area contributed by atoms with Crippen molar-refractivity contribution in [1.82, 2.24) is 10.2 Å². The van der Waals surface area contributed by atoms with E-state index in [0.717, 1.165) is 23.8 Å². The molecule has 0 aromatic carbocycles. The molecule has 0 amide bonds. The summed E-state index contributed by atoms with van der Waals surface area (Å²) in [5.74, 6) is 3.25. The smallest absolute Gasteiger partial charge is 0.0193 e. The lowest BCUT2D eigenvalue weighted by Crippen LogP contribution is -2.51. The van der Waals surface area contributed by atoms with Crippen molar-refractivity contribution in [2.75, 3.05) is 26.2 Å². The highest BCUT2D eigenvalue weighted by Crippen LogP contribution is 2.48. The van der Waals surface area contributed by atoms with Gasteiger partial charge < -0.3 is 5.32 Å². The van der Waals surface area contributed by atoms with E-state index in [-0.39, 0.29) is 0 Å². The Balaban J connectivity index is 1.56. The fourth-order valence-electron chi connectivity index (χ4n) is 4.06. The fraction of sp³-hybridized carbons (Fsp3) is 1.00. The molecule has 1 N–H and O–H groups in total. The monoisotopic (exact) mass is 208 g/mol. The van der Waals surface area contributed by atoms with Crippen molar-refractivity contribution < 1.29 is 0 Å². The second-order valence-electron chi connectivity index (χ2n) is 5.98. The molecule has 0 aromatic heterocycles. The third kappa shape index (κ3) is 1.94. The minimum atomic E-state index is 0.762. The summed E-state index contributed by atoms with van der Waals surface area (Å²) in [4.78, 5) is 2.72. The molecule has 2 bridgehead atoms. The van der Waals surface area contributed by atoms with E-state index in [1.165, 1.54) is 39.0 Å². The highest BCUT2D eigenvalue weighted by molar-refractivity contribution is 4.92. The minimum absolute atomic E-state index is 0.762. The first-order valence-corrected chi connectivity index (χ1v) is 6.77. The number of nitrogens with one attached hydrogen (secondary N) is 1. The molecule has 0 radical (unpaired) electrons. The van der Waals surface area contributed by atoms with Gasteiger partial charge in [0.1, 0.15) is 0 Å². The topological polar surface area (TPSA) is 15.3 Å². The van der Waals surface area contributed by atoms with Crippen molar-refractivity contribution in [2.45, 2.75) is 38.6 Å². The molecule has 86 valence electrons. The van der Waals surface area contributed by atoms with Crippen LogP contribution in [0.3, 0.4) is 0 Å². The molecule has 0 aromatic rings. The second-order valence-corrected chi connectivity index (χ2v) is 5.98. The highest BCUT2D eigenvalue weighted by Gasteiger charge is 2.40. The summed E-state index contributed by atoms with van der Waals surface area (Å²) >= 11 is 0. The molecule has 4 atom stereocenters. The van der Waals surface area contributed by atoms with E-state index in [1.807, 2.05) is 0 Å². The third-order valence-corrected chi connectivity index (χ3v) is 4.99. The fourth-order valence-corrected chi connectivity index (χ4v) is 4.06. The summed E-state index contributed by atoms with van der Waals surface area (Å²) in [6, 6.07) is 0.762. The molecule has 2 nitrogen and oxygen atoms in total. The summed E-state index contributed by atoms with van der Waals surface area (Å²) in [6.07, 6.45) is 6.18. The zero-order valence-electron chi connectivity index (χ0n) is 9.91. The lowest BCUT2D eigenvalue weighted by atomic mass is 9.88. The van der Waals surface area contributed by atoms with Crippen molar-refractivity contribution >= 4 is 0 Å². The van der Waals surface area contributed by atoms with Crippen LogP contribution in [-0.4, -0.2) is 37.1 Å². The van der Waals surface area contributed by atoms with Crippen LogP contribution in [0, 0.1) is 17.8 Å². The molecule has 3 aliphatic rings. The number of hydrogen-bond donors (Lipinski definition) is 1. The van der Waals surface area contributed by atoms with Crippen LogP contribution in [0.2, 0.25) is 0 Å². The predicted octanol–water partition coefficient (Wildman–Crippen LogP) is 1.72. The van der Waals surface area contributed by atoms with Gasteiger partial charge in [-0.2, -0.15) is 0 Å². The Labute approximate surface area is 93.4 Å². The van der Waals surface area contributed by atoms with Crippen molar-refractivity contribution in [3.05, 3.63) is 0 Å². The molecule has 2 aliphatic carbocycles. The van der Waals surface area contributed by atoms with Gasteiger partial charge in [0.05, 0.1) is 0 Å². The maximum atomic E-state index is 3.48. The molecule has 1 aliphatic heterocycles. The number of rotatable bonds is 2. The van der Waals surface area contributed by atoms with E-state index in [0.29, 0.717) is 0 Å². The molecular formula is C13H24N2. The van der Waals surface area contributed by atoms with Crippen LogP contribution in [0.1, 0.15) is 32.6 Å². The van der Waals surface area contributed by atoms with Gasteiger partial charge in [-0.25, -0.2) is 0 Å². The maximum absolute atomic E-state index is 3.48. The zero-order chi connectivity index (χ0) is 10.3. The number of nitrogens with zero attached hydrogens (tertiary/aromatic N) is 1. The van der Waals surface area contributed by atoms with Crippen molar-refractivity contribution in [3.63, 3.8) is 0 Å². The van der Waals surface area contributed by atoms with Crippen molar-refractivity contribution in [1.29, 1.82) is 0 Å². The molecule has 1 heterocycles.